The maximum Gasteiger partial charge on any atom is 0.317 e. The van der Waals surface area contributed by atoms with Crippen LogP contribution in [0, 0.1) is 0 Å². The molecule has 1 N–H and O–H groups in total. The molecule has 1 fully saturated rings. The Morgan fingerprint density at radius 1 is 1.16 bits per heavy atom. The summed E-state index contributed by atoms with van der Waals surface area (Å²) in [5, 5.41) is 2.90. The van der Waals surface area contributed by atoms with Crippen LogP contribution >= 0.6 is 0 Å². The predicted molar refractivity (Wildman–Crippen MR) is 97.8 cm³/mol. The van der Waals surface area contributed by atoms with Gasteiger partial charge >= 0.3 is 6.03 Å². The van der Waals surface area contributed by atoms with Crippen molar-refractivity contribution in [2.24, 2.45) is 0 Å². The number of nitrogens with zero attached hydrogens (tertiary/aromatic N) is 2. The number of hydrogen-bond acceptors (Lipinski definition) is 3. The number of amides is 3. The lowest BCUT2D eigenvalue weighted by Gasteiger charge is -2.22. The van der Waals surface area contributed by atoms with E-state index in [1.54, 1.807) is 7.11 Å². The standard InChI is InChI=1S/C19H29N3O3/c1-3-10-20-19(24)22-12-5-11-21(13-14-22)18(23)9-8-16-6-4-7-17(15-16)25-2/h4,6-7,15H,3,5,8-14H2,1-2H3,(H,20,24). The maximum atomic E-state index is 12.5. The van der Waals surface area contributed by atoms with Crippen molar-refractivity contribution in [1.82, 2.24) is 15.1 Å². The fraction of sp³-hybridized carbons (Fsp3) is 0.579. The van der Waals surface area contributed by atoms with Crippen LogP contribution in [-0.2, 0) is 11.2 Å². The molecule has 1 saturated heterocycles. The van der Waals surface area contributed by atoms with Crippen LogP contribution in [0.1, 0.15) is 31.7 Å². The van der Waals surface area contributed by atoms with Crippen LogP contribution in [0.3, 0.4) is 0 Å². The molecule has 2 rings (SSSR count). The number of carbonyl (C=O) groups is 2. The summed E-state index contributed by atoms with van der Waals surface area (Å²) in [6.07, 6.45) is 2.93. The SMILES string of the molecule is CCCNC(=O)N1CCCN(C(=O)CCc2cccc(OC)c2)CC1. The highest BCUT2D eigenvalue weighted by atomic mass is 16.5. The fourth-order valence-corrected chi connectivity index (χ4v) is 2.95. The zero-order valence-corrected chi connectivity index (χ0v) is 15.3. The predicted octanol–water partition coefficient (Wildman–Crippen LogP) is 2.28. The van der Waals surface area contributed by atoms with E-state index in [1.165, 1.54) is 0 Å². The lowest BCUT2D eigenvalue weighted by molar-refractivity contribution is -0.131. The van der Waals surface area contributed by atoms with Gasteiger partial charge in [-0.1, -0.05) is 19.1 Å². The van der Waals surface area contributed by atoms with Crippen LogP contribution in [0.5, 0.6) is 5.75 Å². The Bertz CT molecular complexity index is 577. The van der Waals surface area contributed by atoms with Gasteiger partial charge in [0.1, 0.15) is 5.75 Å². The van der Waals surface area contributed by atoms with Crippen molar-refractivity contribution in [2.45, 2.75) is 32.6 Å². The molecule has 0 saturated carbocycles. The maximum absolute atomic E-state index is 12.5. The Balaban J connectivity index is 1.81. The van der Waals surface area contributed by atoms with Gasteiger partial charge in [0, 0.05) is 39.1 Å². The fourth-order valence-electron chi connectivity index (χ4n) is 2.95. The molecule has 0 bridgehead atoms. The monoisotopic (exact) mass is 347 g/mol. The third-order valence-corrected chi connectivity index (χ3v) is 4.42. The topological polar surface area (TPSA) is 61.9 Å². The minimum Gasteiger partial charge on any atom is -0.497 e. The van der Waals surface area contributed by atoms with Gasteiger partial charge in [-0.2, -0.15) is 0 Å². The lowest BCUT2D eigenvalue weighted by atomic mass is 10.1. The number of benzene rings is 1. The largest absolute Gasteiger partial charge is 0.497 e. The molecule has 6 nitrogen and oxygen atoms in total. The molecule has 1 aromatic carbocycles. The number of rotatable bonds is 6. The molecule has 0 radical (unpaired) electrons. The number of carbonyl (C=O) groups excluding carboxylic acids is 2. The molecular formula is C19H29N3O3. The number of methoxy groups -OCH3 is 1. The van der Waals surface area contributed by atoms with Gasteiger partial charge in [-0.25, -0.2) is 4.79 Å². The van der Waals surface area contributed by atoms with E-state index < -0.39 is 0 Å². The molecule has 25 heavy (non-hydrogen) atoms. The first-order chi connectivity index (χ1) is 12.1. The van der Waals surface area contributed by atoms with E-state index in [9.17, 15) is 9.59 Å². The minimum atomic E-state index is -0.0208. The first kappa shape index (κ1) is 19.1. The lowest BCUT2D eigenvalue weighted by Crippen LogP contribution is -2.42. The summed E-state index contributed by atoms with van der Waals surface area (Å²) in [5.74, 6) is 0.965. The summed E-state index contributed by atoms with van der Waals surface area (Å²) in [5.41, 5.74) is 1.10. The van der Waals surface area contributed by atoms with Crippen LogP contribution in [0.4, 0.5) is 4.79 Å². The van der Waals surface area contributed by atoms with Crippen LogP contribution < -0.4 is 10.1 Å². The normalized spacial score (nSPS) is 14.8. The first-order valence-corrected chi connectivity index (χ1v) is 9.07. The van der Waals surface area contributed by atoms with Gasteiger partial charge in [-0.15, -0.1) is 0 Å². The van der Waals surface area contributed by atoms with Gasteiger partial charge in [0.15, 0.2) is 0 Å². The van der Waals surface area contributed by atoms with Crippen molar-refractivity contribution >= 4 is 11.9 Å². The van der Waals surface area contributed by atoms with Gasteiger partial charge in [-0.3, -0.25) is 4.79 Å². The second kappa shape index (κ2) is 9.91. The average Bonchev–Trinajstić information content (AvgIpc) is 2.90. The summed E-state index contributed by atoms with van der Waals surface area (Å²) in [6, 6.07) is 7.80. The summed E-state index contributed by atoms with van der Waals surface area (Å²) in [7, 11) is 1.64. The summed E-state index contributed by atoms with van der Waals surface area (Å²) < 4.78 is 5.22. The van der Waals surface area contributed by atoms with Crippen LogP contribution in [0.2, 0.25) is 0 Å². The number of nitrogens with one attached hydrogen (secondary N) is 1. The van der Waals surface area contributed by atoms with Gasteiger partial charge in [0.05, 0.1) is 7.11 Å². The number of hydrogen-bond donors (Lipinski definition) is 1. The quantitative estimate of drug-likeness (QED) is 0.859. The molecule has 0 aliphatic carbocycles. The van der Waals surface area contributed by atoms with Crippen LogP contribution in [0.25, 0.3) is 0 Å². The van der Waals surface area contributed by atoms with Crippen molar-refractivity contribution in [1.29, 1.82) is 0 Å². The van der Waals surface area contributed by atoms with E-state index in [1.807, 2.05) is 41.0 Å². The van der Waals surface area contributed by atoms with E-state index in [0.717, 1.165) is 24.2 Å². The molecule has 1 aliphatic heterocycles. The Morgan fingerprint density at radius 3 is 2.68 bits per heavy atom. The highest BCUT2D eigenvalue weighted by Crippen LogP contribution is 2.15. The molecule has 3 amide bonds. The van der Waals surface area contributed by atoms with E-state index in [-0.39, 0.29) is 11.9 Å². The van der Waals surface area contributed by atoms with Gasteiger partial charge in [0.2, 0.25) is 5.91 Å². The highest BCUT2D eigenvalue weighted by molar-refractivity contribution is 5.77. The van der Waals surface area contributed by atoms with Crippen molar-refractivity contribution < 1.29 is 14.3 Å². The van der Waals surface area contributed by atoms with Crippen molar-refractivity contribution in [3.05, 3.63) is 29.8 Å². The average molecular weight is 347 g/mol. The Labute approximate surface area is 150 Å². The van der Waals surface area contributed by atoms with E-state index in [2.05, 4.69) is 5.32 Å². The van der Waals surface area contributed by atoms with Crippen molar-refractivity contribution in [3.8, 4) is 5.75 Å². The Hall–Kier alpha value is -2.24. The van der Waals surface area contributed by atoms with Crippen LogP contribution in [0.15, 0.2) is 24.3 Å². The first-order valence-electron chi connectivity index (χ1n) is 9.07. The highest BCUT2D eigenvalue weighted by Gasteiger charge is 2.21. The molecule has 0 atom stereocenters. The third kappa shape index (κ3) is 5.96. The van der Waals surface area contributed by atoms with Gasteiger partial charge in [-0.05, 0) is 37.0 Å². The molecular weight excluding hydrogens is 318 g/mol. The van der Waals surface area contributed by atoms with Crippen molar-refractivity contribution in [3.63, 3.8) is 0 Å². The van der Waals surface area contributed by atoms with E-state index in [4.69, 9.17) is 4.74 Å². The summed E-state index contributed by atoms with van der Waals surface area (Å²) in [6.45, 7) is 5.35. The second-order valence-corrected chi connectivity index (χ2v) is 6.30. The zero-order chi connectivity index (χ0) is 18.1. The van der Waals surface area contributed by atoms with Crippen molar-refractivity contribution in [2.75, 3.05) is 39.8 Å². The number of urea groups is 1. The molecule has 1 aromatic rings. The summed E-state index contributed by atoms with van der Waals surface area (Å²) >= 11 is 0. The molecule has 1 heterocycles. The number of aryl methyl sites for hydroxylation is 1. The Kier molecular flexibility index (Phi) is 7.57. The molecule has 138 valence electrons. The number of ether oxygens (including phenoxy) is 1. The molecule has 6 heteroatoms. The van der Waals surface area contributed by atoms with Gasteiger partial charge < -0.3 is 19.9 Å². The molecule has 0 aromatic heterocycles. The van der Waals surface area contributed by atoms with Gasteiger partial charge in [0.25, 0.3) is 0 Å². The van der Waals surface area contributed by atoms with E-state index in [0.29, 0.717) is 45.6 Å². The Morgan fingerprint density at radius 2 is 1.92 bits per heavy atom. The molecule has 0 unspecified atom stereocenters. The summed E-state index contributed by atoms with van der Waals surface area (Å²) in [4.78, 5) is 28.3. The molecule has 0 spiro atoms. The smallest absolute Gasteiger partial charge is 0.317 e. The minimum absolute atomic E-state index is 0.0208. The van der Waals surface area contributed by atoms with Crippen LogP contribution in [-0.4, -0.2) is 61.6 Å². The second-order valence-electron chi connectivity index (χ2n) is 6.30. The zero-order valence-electron chi connectivity index (χ0n) is 15.3. The van der Waals surface area contributed by atoms with E-state index >= 15 is 0 Å². The molecule has 1 aliphatic rings. The third-order valence-electron chi connectivity index (χ3n) is 4.42.